The van der Waals surface area contributed by atoms with E-state index >= 15 is 0 Å². The fourth-order valence-corrected chi connectivity index (χ4v) is 2.32. The lowest BCUT2D eigenvalue weighted by atomic mass is 10.0. The second kappa shape index (κ2) is 6.69. The van der Waals surface area contributed by atoms with Crippen molar-refractivity contribution in [3.05, 3.63) is 28.4 Å². The Morgan fingerprint density at radius 2 is 2.14 bits per heavy atom. The van der Waals surface area contributed by atoms with E-state index in [1.54, 1.807) is 12.1 Å². The Labute approximate surface area is 129 Å². The normalized spacial score (nSPS) is 13.0. The SMILES string of the molecule is CC(C)CC(CNc1ccc2ncc([N+](=O)[O-])n2n1)N(C)C. The summed E-state index contributed by atoms with van der Waals surface area (Å²) in [6.45, 7) is 5.11. The molecule has 2 heterocycles. The Kier molecular flexibility index (Phi) is 4.92. The highest BCUT2D eigenvalue weighted by molar-refractivity contribution is 5.48. The average molecular weight is 306 g/mol. The van der Waals surface area contributed by atoms with Crippen LogP contribution in [-0.4, -0.2) is 51.1 Å². The zero-order valence-electron chi connectivity index (χ0n) is 13.4. The Hall–Kier alpha value is -2.22. The lowest BCUT2D eigenvalue weighted by Gasteiger charge is -2.26. The molecule has 0 aliphatic rings. The van der Waals surface area contributed by atoms with Gasteiger partial charge in [-0.25, -0.2) is 4.98 Å². The van der Waals surface area contributed by atoms with Crippen molar-refractivity contribution < 1.29 is 4.92 Å². The summed E-state index contributed by atoms with van der Waals surface area (Å²) in [6, 6.07) is 3.87. The number of hydrogen-bond acceptors (Lipinski definition) is 6. The van der Waals surface area contributed by atoms with E-state index in [0.717, 1.165) is 13.0 Å². The van der Waals surface area contributed by atoms with Gasteiger partial charge < -0.3 is 20.3 Å². The molecular weight excluding hydrogens is 284 g/mol. The molecule has 2 aromatic rings. The molecule has 0 saturated carbocycles. The second-order valence-corrected chi connectivity index (χ2v) is 5.99. The van der Waals surface area contributed by atoms with E-state index in [0.29, 0.717) is 23.4 Å². The lowest BCUT2D eigenvalue weighted by molar-refractivity contribution is -0.391. The van der Waals surface area contributed by atoms with Gasteiger partial charge >= 0.3 is 5.82 Å². The number of rotatable bonds is 7. The van der Waals surface area contributed by atoms with E-state index in [4.69, 9.17) is 0 Å². The van der Waals surface area contributed by atoms with Crippen LogP contribution >= 0.6 is 0 Å². The number of likely N-dealkylation sites (N-methyl/N-ethyl adjacent to an activating group) is 1. The van der Waals surface area contributed by atoms with E-state index in [1.807, 2.05) is 14.1 Å². The first-order chi connectivity index (χ1) is 10.4. The molecule has 1 unspecified atom stereocenters. The molecule has 22 heavy (non-hydrogen) atoms. The molecule has 2 aromatic heterocycles. The number of fused-ring (bicyclic) bond motifs is 1. The quantitative estimate of drug-likeness (QED) is 0.622. The van der Waals surface area contributed by atoms with Gasteiger partial charge in [0.1, 0.15) is 6.20 Å². The van der Waals surface area contributed by atoms with Crippen molar-refractivity contribution in [2.45, 2.75) is 26.3 Å². The standard InChI is InChI=1S/C14H22N6O2/c1-10(2)7-11(18(3)4)8-15-12-5-6-13-16-9-14(20(21)22)19(13)17-12/h5-6,9-11H,7-8H2,1-4H3,(H,15,17). The summed E-state index contributed by atoms with van der Waals surface area (Å²) in [5.74, 6) is 1.06. The number of anilines is 1. The summed E-state index contributed by atoms with van der Waals surface area (Å²) < 4.78 is 1.25. The molecule has 0 aliphatic carbocycles. The number of nitrogens with one attached hydrogen (secondary N) is 1. The van der Waals surface area contributed by atoms with E-state index in [-0.39, 0.29) is 5.82 Å². The molecule has 0 radical (unpaired) electrons. The topological polar surface area (TPSA) is 88.6 Å². The Bertz CT molecular complexity index is 652. The molecule has 0 aromatic carbocycles. The molecule has 0 amide bonds. The first-order valence-corrected chi connectivity index (χ1v) is 7.28. The van der Waals surface area contributed by atoms with Crippen molar-refractivity contribution in [1.29, 1.82) is 0 Å². The third-order valence-corrected chi connectivity index (χ3v) is 3.52. The molecule has 120 valence electrons. The minimum atomic E-state index is -0.488. The van der Waals surface area contributed by atoms with Crippen molar-refractivity contribution in [2.24, 2.45) is 5.92 Å². The average Bonchev–Trinajstić information content (AvgIpc) is 2.85. The highest BCUT2D eigenvalue weighted by Gasteiger charge is 2.17. The van der Waals surface area contributed by atoms with Gasteiger partial charge in [-0.15, -0.1) is 0 Å². The van der Waals surface area contributed by atoms with Crippen LogP contribution < -0.4 is 5.32 Å². The van der Waals surface area contributed by atoms with E-state index < -0.39 is 4.92 Å². The first-order valence-electron chi connectivity index (χ1n) is 7.28. The number of nitrogens with zero attached hydrogens (tertiary/aromatic N) is 5. The van der Waals surface area contributed by atoms with Gasteiger partial charge in [-0.3, -0.25) is 0 Å². The van der Waals surface area contributed by atoms with Crippen LogP contribution in [0.2, 0.25) is 0 Å². The van der Waals surface area contributed by atoms with Crippen molar-refractivity contribution in [1.82, 2.24) is 19.5 Å². The number of imidazole rings is 1. The fraction of sp³-hybridized carbons (Fsp3) is 0.571. The summed E-state index contributed by atoms with van der Waals surface area (Å²) in [5.41, 5.74) is 0.462. The van der Waals surface area contributed by atoms with Crippen molar-refractivity contribution in [3.8, 4) is 0 Å². The van der Waals surface area contributed by atoms with Crippen LogP contribution in [0.5, 0.6) is 0 Å². The molecule has 0 spiro atoms. The summed E-state index contributed by atoms with van der Waals surface area (Å²) in [4.78, 5) is 16.6. The molecule has 0 aliphatic heterocycles. The molecule has 0 fully saturated rings. The zero-order chi connectivity index (χ0) is 16.3. The fourth-order valence-electron chi connectivity index (χ4n) is 2.32. The predicted molar refractivity (Wildman–Crippen MR) is 85.1 cm³/mol. The van der Waals surface area contributed by atoms with E-state index in [1.165, 1.54) is 10.7 Å². The van der Waals surface area contributed by atoms with Crippen LogP contribution in [0, 0.1) is 16.0 Å². The molecule has 8 heteroatoms. The Morgan fingerprint density at radius 1 is 1.41 bits per heavy atom. The van der Waals surface area contributed by atoms with Gasteiger partial charge in [0.05, 0.1) is 0 Å². The highest BCUT2D eigenvalue weighted by Crippen LogP contribution is 2.15. The van der Waals surface area contributed by atoms with Gasteiger partial charge in [0.25, 0.3) is 0 Å². The van der Waals surface area contributed by atoms with Crippen LogP contribution in [-0.2, 0) is 0 Å². The molecule has 0 bridgehead atoms. The van der Waals surface area contributed by atoms with E-state index in [2.05, 4.69) is 34.1 Å². The van der Waals surface area contributed by atoms with Crippen LogP contribution in [0.25, 0.3) is 5.65 Å². The van der Waals surface area contributed by atoms with Crippen LogP contribution in [0.15, 0.2) is 18.3 Å². The predicted octanol–water partition coefficient (Wildman–Crippen LogP) is 2.03. The molecule has 2 rings (SSSR count). The van der Waals surface area contributed by atoms with Gasteiger partial charge in [0.15, 0.2) is 5.82 Å². The molecular formula is C14H22N6O2. The monoisotopic (exact) mass is 306 g/mol. The largest absolute Gasteiger partial charge is 0.368 e. The van der Waals surface area contributed by atoms with Crippen LogP contribution in [0.4, 0.5) is 11.6 Å². The lowest BCUT2D eigenvalue weighted by Crippen LogP contribution is -2.35. The van der Waals surface area contributed by atoms with Crippen molar-refractivity contribution in [2.75, 3.05) is 26.0 Å². The molecule has 1 N–H and O–H groups in total. The maximum Gasteiger partial charge on any atom is 0.368 e. The highest BCUT2D eigenvalue weighted by atomic mass is 16.6. The summed E-state index contributed by atoms with van der Waals surface area (Å²) in [5, 5.41) is 18.4. The third-order valence-electron chi connectivity index (χ3n) is 3.52. The second-order valence-electron chi connectivity index (χ2n) is 5.99. The molecule has 1 atom stereocenters. The number of aromatic nitrogens is 3. The molecule has 8 nitrogen and oxygen atoms in total. The number of nitro groups is 1. The van der Waals surface area contributed by atoms with Crippen molar-refractivity contribution in [3.63, 3.8) is 0 Å². The van der Waals surface area contributed by atoms with Gasteiger partial charge in [0, 0.05) is 18.7 Å². The summed E-state index contributed by atoms with van der Waals surface area (Å²) in [7, 11) is 4.10. The Morgan fingerprint density at radius 3 is 2.73 bits per heavy atom. The number of hydrogen-bond donors (Lipinski definition) is 1. The van der Waals surface area contributed by atoms with Crippen molar-refractivity contribution >= 4 is 17.3 Å². The third kappa shape index (κ3) is 3.70. The van der Waals surface area contributed by atoms with Gasteiger partial charge in [0.2, 0.25) is 5.65 Å². The molecule has 0 saturated heterocycles. The summed E-state index contributed by atoms with van der Waals surface area (Å²) >= 11 is 0. The van der Waals surface area contributed by atoms with Crippen LogP contribution in [0.1, 0.15) is 20.3 Å². The summed E-state index contributed by atoms with van der Waals surface area (Å²) in [6.07, 6.45) is 2.28. The van der Waals surface area contributed by atoms with Gasteiger partial charge in [-0.1, -0.05) is 23.5 Å². The van der Waals surface area contributed by atoms with Gasteiger partial charge in [-0.2, -0.15) is 0 Å². The first kappa shape index (κ1) is 16.2. The zero-order valence-corrected chi connectivity index (χ0v) is 13.4. The Balaban J connectivity index is 2.14. The minimum Gasteiger partial charge on any atom is -0.365 e. The minimum absolute atomic E-state index is 0.134. The van der Waals surface area contributed by atoms with E-state index in [9.17, 15) is 10.1 Å². The smallest absolute Gasteiger partial charge is 0.365 e. The maximum absolute atomic E-state index is 10.9. The maximum atomic E-state index is 10.9. The van der Waals surface area contributed by atoms with Crippen LogP contribution in [0.3, 0.4) is 0 Å². The van der Waals surface area contributed by atoms with Gasteiger partial charge in [-0.05, 0) is 37.4 Å².